The molecule has 2 aromatic rings. The van der Waals surface area contributed by atoms with Gasteiger partial charge in [0.2, 0.25) is 0 Å². The van der Waals surface area contributed by atoms with E-state index in [9.17, 15) is 0 Å². The number of hydrogen-bond acceptors (Lipinski definition) is 4. The van der Waals surface area contributed by atoms with Gasteiger partial charge in [0.05, 0.1) is 0 Å². The zero-order valence-electron chi connectivity index (χ0n) is 11.1. The Bertz CT molecular complexity index is 541. The van der Waals surface area contributed by atoms with Crippen LogP contribution in [0.1, 0.15) is 12.1 Å². The van der Waals surface area contributed by atoms with Crippen molar-refractivity contribution in [1.29, 1.82) is 0 Å². The number of rotatable bonds is 3. The van der Waals surface area contributed by atoms with Crippen LogP contribution < -0.4 is 10.2 Å². The summed E-state index contributed by atoms with van der Waals surface area (Å²) in [6.45, 7) is 4.03. The lowest BCUT2D eigenvalue weighted by Gasteiger charge is -2.18. The molecule has 1 fully saturated rings. The highest BCUT2D eigenvalue weighted by molar-refractivity contribution is 5.46. The summed E-state index contributed by atoms with van der Waals surface area (Å²) in [6, 6.07) is 12.9. The van der Waals surface area contributed by atoms with Crippen LogP contribution in [-0.2, 0) is 0 Å². The zero-order valence-corrected chi connectivity index (χ0v) is 11.1. The molecule has 1 aliphatic heterocycles. The van der Waals surface area contributed by atoms with Crippen molar-refractivity contribution in [2.24, 2.45) is 0 Å². The molecule has 0 bridgehead atoms. The normalized spacial score (nSPS) is 18.6. The molecule has 0 radical (unpaired) electrons. The van der Waals surface area contributed by atoms with Crippen LogP contribution in [0, 0.1) is 6.92 Å². The minimum atomic E-state index is 0.484. The highest BCUT2D eigenvalue weighted by Gasteiger charge is 2.23. The first-order chi connectivity index (χ1) is 9.31. The number of hydrogen-bond donors (Lipinski definition) is 1. The number of anilines is 2. The number of aromatic nitrogens is 2. The Kier molecular flexibility index (Phi) is 3.31. The maximum absolute atomic E-state index is 4.35. The smallest absolute Gasteiger partial charge is 0.132 e. The maximum atomic E-state index is 4.35. The van der Waals surface area contributed by atoms with Crippen LogP contribution in [0.2, 0.25) is 0 Å². The van der Waals surface area contributed by atoms with E-state index in [-0.39, 0.29) is 0 Å². The fraction of sp³-hybridized carbons (Fsp3) is 0.333. The first kappa shape index (κ1) is 12.0. The summed E-state index contributed by atoms with van der Waals surface area (Å²) >= 11 is 0. The third-order valence-corrected chi connectivity index (χ3v) is 3.45. The lowest BCUT2D eigenvalue weighted by atomic mass is 10.2. The number of nitrogens with zero attached hydrogens (tertiary/aromatic N) is 3. The Morgan fingerprint density at radius 2 is 2.05 bits per heavy atom. The molecule has 1 N–H and O–H groups in total. The van der Waals surface area contributed by atoms with E-state index < -0.39 is 0 Å². The fourth-order valence-corrected chi connectivity index (χ4v) is 2.47. The molecule has 1 atom stereocenters. The Hall–Kier alpha value is -2.10. The summed E-state index contributed by atoms with van der Waals surface area (Å²) in [5, 5.41) is 3.57. The van der Waals surface area contributed by atoms with Crippen molar-refractivity contribution >= 4 is 11.5 Å². The molecule has 1 unspecified atom stereocenters. The molecule has 0 aliphatic carbocycles. The Morgan fingerprint density at radius 3 is 2.84 bits per heavy atom. The molecule has 98 valence electrons. The Balaban J connectivity index is 1.64. The lowest BCUT2D eigenvalue weighted by Crippen LogP contribution is -2.26. The molecule has 2 heterocycles. The summed E-state index contributed by atoms with van der Waals surface area (Å²) < 4.78 is 0. The van der Waals surface area contributed by atoms with E-state index in [0.717, 1.165) is 31.0 Å². The van der Waals surface area contributed by atoms with Crippen molar-refractivity contribution in [3.8, 4) is 0 Å². The quantitative estimate of drug-likeness (QED) is 0.913. The van der Waals surface area contributed by atoms with Crippen LogP contribution in [0.3, 0.4) is 0 Å². The minimum absolute atomic E-state index is 0.484. The topological polar surface area (TPSA) is 41.0 Å². The average Bonchev–Trinajstić information content (AvgIpc) is 2.88. The molecule has 0 amide bonds. The molecular formula is C15H18N4. The third kappa shape index (κ3) is 2.84. The summed E-state index contributed by atoms with van der Waals surface area (Å²) in [4.78, 5) is 10.8. The zero-order chi connectivity index (χ0) is 13.1. The molecule has 0 saturated carbocycles. The van der Waals surface area contributed by atoms with Crippen molar-refractivity contribution in [1.82, 2.24) is 9.97 Å². The second kappa shape index (κ2) is 5.26. The molecule has 1 aromatic heterocycles. The van der Waals surface area contributed by atoms with Crippen molar-refractivity contribution in [2.75, 3.05) is 23.3 Å². The number of para-hydroxylation sites is 1. The van der Waals surface area contributed by atoms with E-state index in [1.165, 1.54) is 5.69 Å². The number of nitrogens with one attached hydrogen (secondary N) is 1. The summed E-state index contributed by atoms with van der Waals surface area (Å²) in [5.74, 6) is 1.03. The van der Waals surface area contributed by atoms with Gasteiger partial charge in [-0.15, -0.1) is 0 Å². The van der Waals surface area contributed by atoms with Gasteiger partial charge in [0.1, 0.15) is 12.1 Å². The van der Waals surface area contributed by atoms with Gasteiger partial charge in [0, 0.05) is 36.6 Å². The van der Waals surface area contributed by atoms with Crippen LogP contribution in [0.4, 0.5) is 11.5 Å². The summed E-state index contributed by atoms with van der Waals surface area (Å²) in [7, 11) is 0. The van der Waals surface area contributed by atoms with Crippen molar-refractivity contribution in [3.05, 3.63) is 48.4 Å². The number of aryl methyl sites for hydroxylation is 1. The molecule has 0 spiro atoms. The van der Waals surface area contributed by atoms with E-state index in [4.69, 9.17) is 0 Å². The van der Waals surface area contributed by atoms with E-state index in [1.54, 1.807) is 6.33 Å². The van der Waals surface area contributed by atoms with Crippen LogP contribution in [0.5, 0.6) is 0 Å². The molecule has 19 heavy (non-hydrogen) atoms. The first-order valence-electron chi connectivity index (χ1n) is 6.66. The third-order valence-electron chi connectivity index (χ3n) is 3.45. The Morgan fingerprint density at radius 1 is 1.21 bits per heavy atom. The molecule has 1 aliphatic rings. The second-order valence-electron chi connectivity index (χ2n) is 4.96. The molecule has 4 nitrogen and oxygen atoms in total. The highest BCUT2D eigenvalue weighted by Crippen LogP contribution is 2.20. The van der Waals surface area contributed by atoms with Crippen LogP contribution in [0.25, 0.3) is 0 Å². The van der Waals surface area contributed by atoms with E-state index in [2.05, 4.69) is 44.5 Å². The summed E-state index contributed by atoms with van der Waals surface area (Å²) in [5.41, 5.74) is 2.21. The standard InChI is InChI=1S/C15H18N4/c1-12-9-15(17-11-16-12)19-8-7-14(10-19)18-13-5-3-2-4-6-13/h2-6,9,11,14,18H,7-8,10H2,1H3. The largest absolute Gasteiger partial charge is 0.380 e. The van der Waals surface area contributed by atoms with Gasteiger partial charge in [-0.1, -0.05) is 18.2 Å². The van der Waals surface area contributed by atoms with Gasteiger partial charge in [-0.25, -0.2) is 9.97 Å². The number of benzene rings is 1. The van der Waals surface area contributed by atoms with Gasteiger partial charge in [-0.05, 0) is 25.5 Å². The van der Waals surface area contributed by atoms with Gasteiger partial charge >= 0.3 is 0 Å². The van der Waals surface area contributed by atoms with E-state index in [0.29, 0.717) is 6.04 Å². The van der Waals surface area contributed by atoms with Gasteiger partial charge in [0.15, 0.2) is 0 Å². The van der Waals surface area contributed by atoms with Crippen molar-refractivity contribution < 1.29 is 0 Å². The summed E-state index contributed by atoms with van der Waals surface area (Å²) in [6.07, 6.45) is 2.78. The molecular weight excluding hydrogens is 236 g/mol. The fourth-order valence-electron chi connectivity index (χ4n) is 2.47. The predicted molar refractivity (Wildman–Crippen MR) is 77.5 cm³/mol. The van der Waals surface area contributed by atoms with Gasteiger partial charge in [-0.2, -0.15) is 0 Å². The van der Waals surface area contributed by atoms with E-state index in [1.807, 2.05) is 19.1 Å². The van der Waals surface area contributed by atoms with Gasteiger partial charge in [0.25, 0.3) is 0 Å². The maximum Gasteiger partial charge on any atom is 0.132 e. The predicted octanol–water partition coefficient (Wildman–Crippen LogP) is 2.48. The van der Waals surface area contributed by atoms with Crippen LogP contribution >= 0.6 is 0 Å². The molecule has 3 rings (SSSR count). The van der Waals surface area contributed by atoms with Crippen LogP contribution in [-0.4, -0.2) is 29.1 Å². The average molecular weight is 254 g/mol. The van der Waals surface area contributed by atoms with Gasteiger partial charge < -0.3 is 10.2 Å². The van der Waals surface area contributed by atoms with Crippen molar-refractivity contribution in [3.63, 3.8) is 0 Å². The van der Waals surface area contributed by atoms with Crippen LogP contribution in [0.15, 0.2) is 42.7 Å². The van der Waals surface area contributed by atoms with Gasteiger partial charge in [-0.3, -0.25) is 0 Å². The molecule has 4 heteroatoms. The first-order valence-corrected chi connectivity index (χ1v) is 6.66. The monoisotopic (exact) mass is 254 g/mol. The minimum Gasteiger partial charge on any atom is -0.380 e. The van der Waals surface area contributed by atoms with Crippen molar-refractivity contribution in [2.45, 2.75) is 19.4 Å². The lowest BCUT2D eigenvalue weighted by molar-refractivity contribution is 0.805. The highest BCUT2D eigenvalue weighted by atomic mass is 15.2. The molecule has 1 saturated heterocycles. The SMILES string of the molecule is Cc1cc(N2CCC(Nc3ccccc3)C2)ncn1. The molecule has 1 aromatic carbocycles. The Labute approximate surface area is 113 Å². The van der Waals surface area contributed by atoms with E-state index >= 15 is 0 Å². The second-order valence-corrected chi connectivity index (χ2v) is 4.96.